The Hall–Kier alpha value is -3.91. The Balaban J connectivity index is 5.86. The zero-order valence-electron chi connectivity index (χ0n) is 44.6. The normalized spacial score (nSPS) is 12.8. The number of amides is 1. The van der Waals surface area contributed by atoms with Crippen molar-refractivity contribution in [3.8, 4) is 0 Å². The summed E-state index contributed by atoms with van der Waals surface area (Å²) in [4.78, 5) is 93.3. The number of nitrogens with zero attached hydrogens (tertiary/aromatic N) is 1. The van der Waals surface area contributed by atoms with Gasteiger partial charge >= 0.3 is 41.9 Å². The van der Waals surface area contributed by atoms with Crippen LogP contribution in [0, 0.1) is 21.7 Å². The van der Waals surface area contributed by atoms with E-state index in [0.717, 1.165) is 57.8 Å². The van der Waals surface area contributed by atoms with Crippen molar-refractivity contribution in [1.82, 2.24) is 4.90 Å². The maximum absolute atomic E-state index is 13.3. The predicted octanol–water partition coefficient (Wildman–Crippen LogP) is 11.0. The van der Waals surface area contributed by atoms with Crippen molar-refractivity contribution >= 4 is 41.9 Å². The van der Waals surface area contributed by atoms with E-state index in [1.807, 2.05) is 34.6 Å². The number of esters is 6. The molecular weight excluding hydrogens is 863 g/mol. The van der Waals surface area contributed by atoms with Crippen LogP contribution in [0.15, 0.2) is 0 Å². The molecule has 0 heterocycles. The molecule has 0 aliphatic heterocycles. The van der Waals surface area contributed by atoms with E-state index >= 15 is 0 Å². The van der Waals surface area contributed by atoms with Gasteiger partial charge in [-0.15, -0.1) is 0 Å². The standard InChI is InChI=1S/C52H93NO14/c1-16-20-23-30-50(10,11)44(57)62-36-39(35-61-43(56)49(8,9)19-4)65-41(54)28-26-33-53(47(60)67-48(5,6)7)34-27-29-42(55)66-40(37-63-45(58)51(12,13)31-24-21-17-2)38-64-46(59)52(14,15)32-25-22-18-3/h39-40H,16-38H2,1-15H3. The molecular formula is C52H93NO14. The first-order valence-electron chi connectivity index (χ1n) is 25.1. The SMILES string of the molecule is CCCCCC(C)(C)C(=O)OCC(COC(=O)C(C)(C)CC)OC(=O)CCCN(CCCC(=O)OC(COC(=O)C(C)(C)CCCCC)COC(=O)C(C)(C)CCCCC)C(=O)OC(C)(C)C. The summed E-state index contributed by atoms with van der Waals surface area (Å²) >= 11 is 0. The maximum Gasteiger partial charge on any atom is 0.410 e. The molecule has 1 unspecified atom stereocenters. The van der Waals surface area contributed by atoms with Crippen LogP contribution in [0.25, 0.3) is 0 Å². The van der Waals surface area contributed by atoms with E-state index in [-0.39, 0.29) is 65.2 Å². The van der Waals surface area contributed by atoms with Gasteiger partial charge in [0.1, 0.15) is 32.0 Å². The highest BCUT2D eigenvalue weighted by Crippen LogP contribution is 2.29. The molecule has 0 aliphatic carbocycles. The molecule has 1 amide bonds. The summed E-state index contributed by atoms with van der Waals surface area (Å²) in [5.74, 6) is -3.10. The molecule has 0 saturated heterocycles. The number of rotatable bonds is 35. The molecule has 15 heteroatoms. The Bertz CT molecular complexity index is 1470. The first-order valence-corrected chi connectivity index (χ1v) is 25.1. The number of hydrogen-bond donors (Lipinski definition) is 0. The van der Waals surface area contributed by atoms with Crippen LogP contribution in [0.1, 0.15) is 213 Å². The second-order valence-electron chi connectivity index (χ2n) is 21.6. The Morgan fingerprint density at radius 3 is 0.985 bits per heavy atom. The fourth-order valence-corrected chi connectivity index (χ4v) is 6.53. The maximum atomic E-state index is 13.3. The summed E-state index contributed by atoms with van der Waals surface area (Å²) in [5.41, 5.74) is -3.87. The van der Waals surface area contributed by atoms with Crippen LogP contribution < -0.4 is 0 Å². The van der Waals surface area contributed by atoms with Gasteiger partial charge in [0.2, 0.25) is 0 Å². The molecule has 0 fully saturated rings. The summed E-state index contributed by atoms with van der Waals surface area (Å²) in [6.07, 6.45) is 8.25. The Labute approximate surface area is 404 Å². The fraction of sp³-hybridized carbons (Fsp3) is 0.865. The summed E-state index contributed by atoms with van der Waals surface area (Å²) in [6, 6.07) is 0. The van der Waals surface area contributed by atoms with Gasteiger partial charge in [0, 0.05) is 25.9 Å². The van der Waals surface area contributed by atoms with Crippen molar-refractivity contribution < 1.29 is 66.7 Å². The van der Waals surface area contributed by atoms with Gasteiger partial charge in [0.15, 0.2) is 12.2 Å². The lowest BCUT2D eigenvalue weighted by Gasteiger charge is -2.28. The van der Waals surface area contributed by atoms with Gasteiger partial charge in [-0.25, -0.2) is 4.79 Å². The minimum absolute atomic E-state index is 0.0704. The zero-order valence-corrected chi connectivity index (χ0v) is 44.6. The highest BCUT2D eigenvalue weighted by molar-refractivity contribution is 5.78. The third kappa shape index (κ3) is 27.6. The molecule has 0 spiro atoms. The fourth-order valence-electron chi connectivity index (χ4n) is 6.53. The van der Waals surface area contributed by atoms with E-state index in [2.05, 4.69) is 20.8 Å². The number of ether oxygens (including phenoxy) is 7. The van der Waals surface area contributed by atoms with Gasteiger partial charge in [-0.3, -0.25) is 28.8 Å². The van der Waals surface area contributed by atoms with Gasteiger partial charge in [-0.1, -0.05) is 85.5 Å². The lowest BCUT2D eigenvalue weighted by molar-refractivity contribution is -0.173. The van der Waals surface area contributed by atoms with E-state index in [1.54, 1.807) is 48.5 Å². The van der Waals surface area contributed by atoms with E-state index in [9.17, 15) is 33.6 Å². The lowest BCUT2D eigenvalue weighted by atomic mass is 9.87. The summed E-state index contributed by atoms with van der Waals surface area (Å²) in [6.45, 7) is 26.6. The summed E-state index contributed by atoms with van der Waals surface area (Å²) in [5, 5.41) is 0. The zero-order chi connectivity index (χ0) is 51.5. The van der Waals surface area contributed by atoms with E-state index in [0.29, 0.717) is 25.7 Å². The Morgan fingerprint density at radius 1 is 0.418 bits per heavy atom. The molecule has 0 radical (unpaired) electrons. The third-order valence-electron chi connectivity index (χ3n) is 11.8. The number of unbranched alkanes of at least 4 members (excludes halogenated alkanes) is 6. The molecule has 390 valence electrons. The highest BCUT2D eigenvalue weighted by atomic mass is 16.6. The number of hydrogen-bond acceptors (Lipinski definition) is 14. The van der Waals surface area contributed by atoms with Gasteiger partial charge in [0.05, 0.1) is 21.7 Å². The molecule has 0 rings (SSSR count). The molecule has 15 nitrogen and oxygen atoms in total. The molecule has 0 aromatic rings. The first kappa shape index (κ1) is 63.1. The minimum atomic E-state index is -1.06. The van der Waals surface area contributed by atoms with Crippen molar-refractivity contribution in [3.05, 3.63) is 0 Å². The van der Waals surface area contributed by atoms with Gasteiger partial charge in [0.25, 0.3) is 0 Å². The molecule has 1 atom stereocenters. The van der Waals surface area contributed by atoms with Crippen molar-refractivity contribution in [2.45, 2.75) is 231 Å². The second kappa shape index (κ2) is 31.3. The predicted molar refractivity (Wildman–Crippen MR) is 258 cm³/mol. The van der Waals surface area contributed by atoms with Crippen LogP contribution in [-0.4, -0.2) is 104 Å². The minimum Gasteiger partial charge on any atom is -0.461 e. The number of carbonyl (C=O) groups is 7. The molecule has 67 heavy (non-hydrogen) atoms. The molecule has 0 N–H and O–H groups in total. The van der Waals surface area contributed by atoms with Gasteiger partial charge < -0.3 is 38.1 Å². The summed E-state index contributed by atoms with van der Waals surface area (Å²) in [7, 11) is 0. The molecule has 0 saturated carbocycles. The monoisotopic (exact) mass is 956 g/mol. The van der Waals surface area contributed by atoms with Crippen molar-refractivity contribution in [2.24, 2.45) is 21.7 Å². The van der Waals surface area contributed by atoms with Gasteiger partial charge in [-0.05, 0) is 115 Å². The Kier molecular flexibility index (Phi) is 29.4. The van der Waals surface area contributed by atoms with E-state index in [1.165, 1.54) is 4.90 Å². The molecule has 0 aromatic carbocycles. The second-order valence-corrected chi connectivity index (χ2v) is 21.6. The van der Waals surface area contributed by atoms with Crippen LogP contribution >= 0.6 is 0 Å². The van der Waals surface area contributed by atoms with E-state index < -0.39 is 81.4 Å². The smallest absolute Gasteiger partial charge is 0.410 e. The van der Waals surface area contributed by atoms with Crippen molar-refractivity contribution in [3.63, 3.8) is 0 Å². The third-order valence-corrected chi connectivity index (χ3v) is 11.8. The quantitative estimate of drug-likeness (QED) is 0.0331. The van der Waals surface area contributed by atoms with Crippen LogP contribution in [0.2, 0.25) is 0 Å². The van der Waals surface area contributed by atoms with Crippen LogP contribution in [0.3, 0.4) is 0 Å². The highest BCUT2D eigenvalue weighted by Gasteiger charge is 2.34. The topological polar surface area (TPSA) is 187 Å². The Morgan fingerprint density at radius 2 is 0.716 bits per heavy atom. The number of carbonyl (C=O) groups excluding carboxylic acids is 7. The largest absolute Gasteiger partial charge is 0.461 e. The lowest BCUT2D eigenvalue weighted by Crippen LogP contribution is -2.39. The van der Waals surface area contributed by atoms with Crippen molar-refractivity contribution in [1.29, 1.82) is 0 Å². The molecule has 0 bridgehead atoms. The average Bonchev–Trinajstić information content (AvgIpc) is 3.23. The molecule has 0 aromatic heterocycles. The average molecular weight is 956 g/mol. The van der Waals surface area contributed by atoms with E-state index in [4.69, 9.17) is 33.2 Å². The van der Waals surface area contributed by atoms with Crippen molar-refractivity contribution in [2.75, 3.05) is 39.5 Å². The first-order chi connectivity index (χ1) is 31.1. The summed E-state index contributed by atoms with van der Waals surface area (Å²) < 4.78 is 39.4. The van der Waals surface area contributed by atoms with Crippen LogP contribution in [0.5, 0.6) is 0 Å². The van der Waals surface area contributed by atoms with Crippen LogP contribution in [-0.2, 0) is 61.9 Å². The molecule has 0 aliphatic rings. The van der Waals surface area contributed by atoms with Gasteiger partial charge in [-0.2, -0.15) is 0 Å². The van der Waals surface area contributed by atoms with Crippen LogP contribution in [0.4, 0.5) is 4.79 Å².